The van der Waals surface area contributed by atoms with E-state index in [1.807, 2.05) is 24.3 Å². The number of benzene rings is 9. The van der Waals surface area contributed by atoms with Gasteiger partial charge in [-0.25, -0.2) is 19.9 Å². The van der Waals surface area contributed by atoms with Crippen molar-refractivity contribution in [1.29, 1.82) is 0 Å². The van der Waals surface area contributed by atoms with Crippen LogP contribution in [0.4, 0.5) is 0 Å². The number of nitrogens with zero attached hydrogens (tertiary/aromatic N) is 4. The Balaban J connectivity index is 1.11. The predicted molar refractivity (Wildman–Crippen MR) is 231 cm³/mol. The largest absolute Gasteiger partial charge is 0.228 e. The maximum Gasteiger partial charge on any atom is 0.161 e. The summed E-state index contributed by atoms with van der Waals surface area (Å²) in [6.45, 7) is 0. The molecule has 0 N–H and O–H groups in total. The van der Waals surface area contributed by atoms with E-state index >= 15 is 0 Å². The minimum Gasteiger partial charge on any atom is -0.228 e. The maximum absolute atomic E-state index is 5.37. The molecule has 11 aromatic rings. The van der Waals surface area contributed by atoms with Crippen molar-refractivity contribution in [2.45, 2.75) is 0 Å². The van der Waals surface area contributed by atoms with E-state index in [0.29, 0.717) is 11.6 Å². The summed E-state index contributed by atoms with van der Waals surface area (Å²) in [5.41, 5.74) is 11.1. The lowest BCUT2D eigenvalue weighted by atomic mass is 9.89. The van der Waals surface area contributed by atoms with Gasteiger partial charge in [0.25, 0.3) is 0 Å². The highest BCUT2D eigenvalue weighted by Gasteiger charge is 2.19. The number of para-hydroxylation sites is 1. The normalized spacial score (nSPS) is 11.6. The zero-order valence-corrected chi connectivity index (χ0v) is 30.3. The lowest BCUT2D eigenvalue weighted by molar-refractivity contribution is 1.18. The Kier molecular flexibility index (Phi) is 7.46. The van der Waals surface area contributed by atoms with Crippen molar-refractivity contribution in [2.24, 2.45) is 0 Å². The monoisotopic (exact) mass is 712 g/mol. The van der Waals surface area contributed by atoms with Crippen LogP contribution in [0.5, 0.6) is 0 Å². The maximum atomic E-state index is 5.37. The first-order valence-corrected chi connectivity index (χ1v) is 18.9. The van der Waals surface area contributed by atoms with Crippen molar-refractivity contribution >= 4 is 43.2 Å². The molecule has 0 amide bonds. The molecule has 0 spiro atoms. The van der Waals surface area contributed by atoms with Crippen molar-refractivity contribution in [2.75, 3.05) is 0 Å². The van der Waals surface area contributed by atoms with E-state index in [0.717, 1.165) is 72.1 Å². The van der Waals surface area contributed by atoms with Gasteiger partial charge in [0.15, 0.2) is 11.6 Å². The SMILES string of the molecule is c1ccc(-c2cccc(-c3nc(-c4ccc5ccc6c(-c7cc(-c8ccccc8)nc(-c8ccccc8)n7)ccc7ccc4c5c76)nc4ccccc34)c2)cc1. The highest BCUT2D eigenvalue weighted by atomic mass is 14.9. The van der Waals surface area contributed by atoms with Crippen molar-refractivity contribution in [3.05, 3.63) is 194 Å². The number of hydrogen-bond acceptors (Lipinski definition) is 4. The molecule has 0 aliphatic carbocycles. The first-order valence-electron chi connectivity index (χ1n) is 18.9. The fourth-order valence-corrected chi connectivity index (χ4v) is 8.17. The van der Waals surface area contributed by atoms with Crippen LogP contribution >= 0.6 is 0 Å². The Hall–Kier alpha value is -7.56. The fraction of sp³-hybridized carbons (Fsp3) is 0. The van der Waals surface area contributed by atoms with E-state index < -0.39 is 0 Å². The first-order chi connectivity index (χ1) is 27.7. The van der Waals surface area contributed by atoms with E-state index in [2.05, 4.69) is 170 Å². The molecule has 0 saturated heterocycles. The molecule has 0 aliphatic rings. The van der Waals surface area contributed by atoms with Gasteiger partial charge in [0.05, 0.1) is 22.6 Å². The topological polar surface area (TPSA) is 51.6 Å². The van der Waals surface area contributed by atoms with Gasteiger partial charge in [-0.1, -0.05) is 170 Å². The zero-order chi connectivity index (χ0) is 37.0. The Bertz CT molecular complexity index is 3170. The molecule has 9 aromatic carbocycles. The Morgan fingerprint density at radius 1 is 0.286 bits per heavy atom. The van der Waals surface area contributed by atoms with Crippen LogP contribution in [0.25, 0.3) is 111 Å². The molecule has 4 heteroatoms. The average Bonchev–Trinajstić information content (AvgIpc) is 3.28. The van der Waals surface area contributed by atoms with Gasteiger partial charge in [-0.3, -0.25) is 0 Å². The number of aromatic nitrogens is 4. The van der Waals surface area contributed by atoms with Crippen molar-refractivity contribution < 1.29 is 0 Å². The van der Waals surface area contributed by atoms with Crippen molar-refractivity contribution in [1.82, 2.24) is 19.9 Å². The number of fused-ring (bicyclic) bond motifs is 1. The molecule has 0 unspecified atom stereocenters. The van der Waals surface area contributed by atoms with Gasteiger partial charge in [-0.05, 0) is 67.7 Å². The molecule has 0 bridgehead atoms. The lowest BCUT2D eigenvalue weighted by Crippen LogP contribution is -1.98. The molecule has 260 valence electrons. The summed E-state index contributed by atoms with van der Waals surface area (Å²) in [6.07, 6.45) is 0. The van der Waals surface area contributed by atoms with Gasteiger partial charge in [0, 0.05) is 33.2 Å². The third-order valence-electron chi connectivity index (χ3n) is 10.9. The minimum absolute atomic E-state index is 0.702. The standard InChI is InChI=1S/C52H32N4/c1-4-13-33(14-5-1)38-19-12-20-39(31-38)50-44-21-10-11-22-45(44)53-52(56-50)43-30-26-36-24-28-41-40(27-23-35-25-29-42(43)49(36)48(35)41)47-32-46(34-15-6-2-7-16-34)54-51(55-47)37-17-8-3-9-18-37/h1-32H. The summed E-state index contributed by atoms with van der Waals surface area (Å²) in [4.78, 5) is 20.8. The Labute approximate surface area is 323 Å². The van der Waals surface area contributed by atoms with Crippen LogP contribution in [0.15, 0.2) is 194 Å². The van der Waals surface area contributed by atoms with Crippen LogP contribution < -0.4 is 0 Å². The van der Waals surface area contributed by atoms with Crippen LogP contribution in [0.2, 0.25) is 0 Å². The Morgan fingerprint density at radius 3 is 1.57 bits per heavy atom. The van der Waals surface area contributed by atoms with Gasteiger partial charge < -0.3 is 0 Å². The highest BCUT2D eigenvalue weighted by Crippen LogP contribution is 2.43. The summed E-state index contributed by atoms with van der Waals surface area (Å²) >= 11 is 0. The highest BCUT2D eigenvalue weighted by molar-refractivity contribution is 6.27. The third kappa shape index (κ3) is 5.39. The molecule has 2 aromatic heterocycles. The van der Waals surface area contributed by atoms with Crippen molar-refractivity contribution in [3.63, 3.8) is 0 Å². The van der Waals surface area contributed by atoms with Crippen LogP contribution in [0, 0.1) is 0 Å². The molecule has 0 aliphatic heterocycles. The van der Waals surface area contributed by atoms with Gasteiger partial charge in [0.2, 0.25) is 0 Å². The molecule has 0 fully saturated rings. The molecule has 56 heavy (non-hydrogen) atoms. The molecule has 0 radical (unpaired) electrons. The second-order valence-electron chi connectivity index (χ2n) is 14.2. The summed E-state index contributed by atoms with van der Waals surface area (Å²) in [6, 6.07) is 67.9. The average molecular weight is 713 g/mol. The minimum atomic E-state index is 0.702. The fourth-order valence-electron chi connectivity index (χ4n) is 8.17. The van der Waals surface area contributed by atoms with Crippen LogP contribution in [-0.2, 0) is 0 Å². The Morgan fingerprint density at radius 2 is 0.839 bits per heavy atom. The smallest absolute Gasteiger partial charge is 0.161 e. The van der Waals surface area contributed by atoms with Crippen molar-refractivity contribution in [3.8, 4) is 67.7 Å². The first kappa shape index (κ1) is 31.9. The lowest BCUT2D eigenvalue weighted by Gasteiger charge is -2.17. The molecule has 2 heterocycles. The van der Waals surface area contributed by atoms with Crippen LogP contribution in [0.1, 0.15) is 0 Å². The number of hydrogen-bond donors (Lipinski definition) is 0. The van der Waals surface area contributed by atoms with E-state index in [1.54, 1.807) is 0 Å². The predicted octanol–water partition coefficient (Wildman–Crippen LogP) is 13.3. The van der Waals surface area contributed by atoms with E-state index in [1.165, 1.54) is 27.1 Å². The summed E-state index contributed by atoms with van der Waals surface area (Å²) in [5, 5.41) is 8.05. The molecular weight excluding hydrogens is 681 g/mol. The second kappa shape index (κ2) is 13.1. The van der Waals surface area contributed by atoms with Gasteiger partial charge in [-0.2, -0.15) is 0 Å². The summed E-state index contributed by atoms with van der Waals surface area (Å²) < 4.78 is 0. The van der Waals surface area contributed by atoms with E-state index in [-0.39, 0.29) is 0 Å². The molecule has 11 rings (SSSR count). The summed E-state index contributed by atoms with van der Waals surface area (Å²) in [5.74, 6) is 1.41. The second-order valence-corrected chi connectivity index (χ2v) is 14.2. The third-order valence-corrected chi connectivity index (χ3v) is 10.9. The molecule has 0 saturated carbocycles. The van der Waals surface area contributed by atoms with E-state index in [4.69, 9.17) is 19.9 Å². The quantitative estimate of drug-likeness (QED) is 0.161. The van der Waals surface area contributed by atoms with Crippen LogP contribution in [0.3, 0.4) is 0 Å². The molecule has 4 nitrogen and oxygen atoms in total. The molecule has 0 atom stereocenters. The van der Waals surface area contributed by atoms with Crippen LogP contribution in [-0.4, -0.2) is 19.9 Å². The van der Waals surface area contributed by atoms with Gasteiger partial charge in [-0.15, -0.1) is 0 Å². The summed E-state index contributed by atoms with van der Waals surface area (Å²) in [7, 11) is 0. The zero-order valence-electron chi connectivity index (χ0n) is 30.3. The van der Waals surface area contributed by atoms with Gasteiger partial charge >= 0.3 is 0 Å². The van der Waals surface area contributed by atoms with E-state index in [9.17, 15) is 0 Å². The molecular formula is C52H32N4. The number of rotatable bonds is 6. The van der Waals surface area contributed by atoms with Gasteiger partial charge in [0.1, 0.15) is 0 Å².